The van der Waals surface area contributed by atoms with Gasteiger partial charge in [0.2, 0.25) is 0 Å². The molecule has 2 nitrogen and oxygen atoms in total. The van der Waals surface area contributed by atoms with Crippen molar-refractivity contribution in [1.82, 2.24) is 0 Å². The minimum atomic E-state index is -0.276. The van der Waals surface area contributed by atoms with E-state index in [4.69, 9.17) is 4.74 Å². The fourth-order valence-corrected chi connectivity index (χ4v) is 2.91. The SMILES string of the molecule is C=C(C)C(=O)OCCC[SiH2]c1ccc(C)cc1. The Morgan fingerprint density at radius 1 is 1.35 bits per heavy atom. The molecule has 0 aliphatic rings. The quantitative estimate of drug-likeness (QED) is 0.332. The van der Waals surface area contributed by atoms with Crippen LogP contribution in [0.1, 0.15) is 18.9 Å². The smallest absolute Gasteiger partial charge is 0.333 e. The van der Waals surface area contributed by atoms with Crippen LogP contribution >= 0.6 is 0 Å². The van der Waals surface area contributed by atoms with Gasteiger partial charge in [-0.1, -0.05) is 47.6 Å². The van der Waals surface area contributed by atoms with Crippen LogP contribution in [-0.4, -0.2) is 22.1 Å². The van der Waals surface area contributed by atoms with Crippen LogP contribution < -0.4 is 5.19 Å². The van der Waals surface area contributed by atoms with Gasteiger partial charge in [0.15, 0.2) is 0 Å². The molecule has 0 spiro atoms. The Labute approximate surface area is 106 Å². The van der Waals surface area contributed by atoms with E-state index < -0.39 is 0 Å². The van der Waals surface area contributed by atoms with E-state index in [9.17, 15) is 4.79 Å². The molecule has 0 saturated carbocycles. The number of aryl methyl sites for hydroxylation is 1. The van der Waals surface area contributed by atoms with Gasteiger partial charge >= 0.3 is 5.97 Å². The fraction of sp³-hybridized carbons (Fsp3) is 0.357. The number of carbonyl (C=O) groups is 1. The molecule has 0 fully saturated rings. The Kier molecular flexibility index (Phi) is 5.70. The van der Waals surface area contributed by atoms with Gasteiger partial charge in [0.05, 0.1) is 16.1 Å². The summed E-state index contributed by atoms with van der Waals surface area (Å²) in [4.78, 5) is 11.1. The van der Waals surface area contributed by atoms with Crippen LogP contribution in [0.5, 0.6) is 0 Å². The number of ether oxygens (including phenoxy) is 1. The van der Waals surface area contributed by atoms with E-state index in [2.05, 4.69) is 37.8 Å². The minimum absolute atomic E-state index is 0.205. The van der Waals surface area contributed by atoms with E-state index >= 15 is 0 Å². The molecule has 0 heterocycles. The molecule has 1 aromatic rings. The van der Waals surface area contributed by atoms with Crippen LogP contribution in [0.2, 0.25) is 6.04 Å². The van der Waals surface area contributed by atoms with E-state index in [-0.39, 0.29) is 15.5 Å². The molecule has 0 amide bonds. The molecule has 0 aromatic heterocycles. The molecule has 0 aliphatic heterocycles. The molecule has 0 atom stereocenters. The van der Waals surface area contributed by atoms with Gasteiger partial charge in [-0.25, -0.2) is 4.79 Å². The van der Waals surface area contributed by atoms with Crippen LogP contribution in [-0.2, 0) is 9.53 Å². The normalized spacial score (nSPS) is 10.7. The van der Waals surface area contributed by atoms with Gasteiger partial charge in [0, 0.05) is 5.57 Å². The van der Waals surface area contributed by atoms with E-state index in [1.807, 2.05) is 0 Å². The van der Waals surface area contributed by atoms with Crippen molar-refractivity contribution in [2.45, 2.75) is 26.3 Å². The van der Waals surface area contributed by atoms with Crippen LogP contribution in [0.3, 0.4) is 0 Å². The van der Waals surface area contributed by atoms with Crippen molar-refractivity contribution in [3.05, 3.63) is 42.0 Å². The average molecular weight is 248 g/mol. The number of benzene rings is 1. The summed E-state index contributed by atoms with van der Waals surface area (Å²) >= 11 is 0. The molecule has 0 unspecified atom stereocenters. The second-order valence-electron chi connectivity index (χ2n) is 4.36. The van der Waals surface area contributed by atoms with Crippen molar-refractivity contribution in [2.75, 3.05) is 6.61 Å². The van der Waals surface area contributed by atoms with Crippen LogP contribution in [0, 0.1) is 6.92 Å². The van der Waals surface area contributed by atoms with E-state index in [0.717, 1.165) is 6.42 Å². The fourth-order valence-electron chi connectivity index (χ4n) is 1.47. The first-order valence-electron chi connectivity index (χ1n) is 5.98. The van der Waals surface area contributed by atoms with Crippen molar-refractivity contribution >= 4 is 20.7 Å². The molecule has 0 bridgehead atoms. The van der Waals surface area contributed by atoms with Gasteiger partial charge in [-0.3, -0.25) is 0 Å². The summed E-state index contributed by atoms with van der Waals surface area (Å²) in [5.74, 6) is -0.276. The lowest BCUT2D eigenvalue weighted by Crippen LogP contribution is -2.14. The summed E-state index contributed by atoms with van der Waals surface area (Å²) in [6, 6.07) is 9.91. The number of hydrogen-bond acceptors (Lipinski definition) is 2. The highest BCUT2D eigenvalue weighted by atomic mass is 28.2. The summed E-state index contributed by atoms with van der Waals surface area (Å²) in [7, 11) is -0.205. The maximum absolute atomic E-state index is 11.1. The lowest BCUT2D eigenvalue weighted by atomic mass is 10.2. The number of carbonyl (C=O) groups excluding carboxylic acids is 1. The Hall–Kier alpha value is -1.35. The Morgan fingerprint density at radius 3 is 2.59 bits per heavy atom. The molecule has 0 saturated heterocycles. The monoisotopic (exact) mass is 248 g/mol. The molecule has 3 heteroatoms. The van der Waals surface area contributed by atoms with Gasteiger partial charge in [-0.05, 0) is 20.3 Å². The largest absolute Gasteiger partial charge is 0.462 e. The van der Waals surface area contributed by atoms with E-state index in [1.54, 1.807) is 6.92 Å². The zero-order chi connectivity index (χ0) is 12.7. The molecule has 0 N–H and O–H groups in total. The predicted molar refractivity (Wildman–Crippen MR) is 74.6 cm³/mol. The van der Waals surface area contributed by atoms with Crippen molar-refractivity contribution in [2.24, 2.45) is 0 Å². The average Bonchev–Trinajstić information content (AvgIpc) is 2.30. The first-order valence-corrected chi connectivity index (χ1v) is 7.68. The van der Waals surface area contributed by atoms with Gasteiger partial charge in [-0.15, -0.1) is 0 Å². The molecular formula is C14H20O2Si. The third-order valence-electron chi connectivity index (χ3n) is 2.56. The van der Waals surface area contributed by atoms with E-state index in [0.29, 0.717) is 12.2 Å². The van der Waals surface area contributed by atoms with Crippen LogP contribution in [0.25, 0.3) is 0 Å². The van der Waals surface area contributed by atoms with Crippen LogP contribution in [0.15, 0.2) is 36.4 Å². The Balaban J connectivity index is 2.14. The summed E-state index contributed by atoms with van der Waals surface area (Å²) in [5, 5.41) is 1.47. The first kappa shape index (κ1) is 13.7. The third kappa shape index (κ3) is 5.50. The second-order valence-corrected chi connectivity index (χ2v) is 6.38. The lowest BCUT2D eigenvalue weighted by Gasteiger charge is -2.04. The maximum Gasteiger partial charge on any atom is 0.333 e. The molecule has 0 aliphatic carbocycles. The zero-order valence-electron chi connectivity index (χ0n) is 10.7. The van der Waals surface area contributed by atoms with Gasteiger partial charge in [-0.2, -0.15) is 0 Å². The van der Waals surface area contributed by atoms with Crippen molar-refractivity contribution < 1.29 is 9.53 Å². The molecular weight excluding hydrogens is 228 g/mol. The van der Waals surface area contributed by atoms with Crippen LogP contribution in [0.4, 0.5) is 0 Å². The molecule has 92 valence electrons. The van der Waals surface area contributed by atoms with E-state index in [1.165, 1.54) is 16.8 Å². The van der Waals surface area contributed by atoms with Gasteiger partial charge in [0.25, 0.3) is 0 Å². The van der Waals surface area contributed by atoms with Crippen molar-refractivity contribution in [3.8, 4) is 0 Å². The minimum Gasteiger partial charge on any atom is -0.462 e. The summed E-state index contributed by atoms with van der Waals surface area (Å²) in [6.07, 6.45) is 0.957. The maximum atomic E-state index is 11.1. The molecule has 17 heavy (non-hydrogen) atoms. The van der Waals surface area contributed by atoms with Crippen molar-refractivity contribution in [3.63, 3.8) is 0 Å². The highest BCUT2D eigenvalue weighted by Crippen LogP contribution is 1.97. The zero-order valence-corrected chi connectivity index (χ0v) is 12.1. The first-order chi connectivity index (χ1) is 8.09. The molecule has 1 aromatic carbocycles. The van der Waals surface area contributed by atoms with Gasteiger partial charge in [0.1, 0.15) is 0 Å². The topological polar surface area (TPSA) is 26.3 Å². The highest BCUT2D eigenvalue weighted by molar-refractivity contribution is 6.53. The third-order valence-corrected chi connectivity index (χ3v) is 4.46. The number of hydrogen-bond donors (Lipinski definition) is 0. The second kappa shape index (κ2) is 7.07. The summed E-state index contributed by atoms with van der Waals surface area (Å²) in [5.41, 5.74) is 1.78. The number of rotatable bonds is 6. The number of esters is 1. The molecule has 0 radical (unpaired) electrons. The summed E-state index contributed by atoms with van der Waals surface area (Å²) < 4.78 is 5.04. The standard InChI is InChI=1S/C14H20O2Si/c1-11(2)14(15)16-9-4-10-17-13-7-5-12(3)6-8-13/h5-8H,1,4,9-10,17H2,2-3H3. The Morgan fingerprint density at radius 2 is 2.00 bits per heavy atom. The Bertz CT molecular complexity index is 382. The van der Waals surface area contributed by atoms with Crippen molar-refractivity contribution in [1.29, 1.82) is 0 Å². The molecule has 1 rings (SSSR count). The highest BCUT2D eigenvalue weighted by Gasteiger charge is 2.02. The lowest BCUT2D eigenvalue weighted by molar-refractivity contribution is -0.138. The summed E-state index contributed by atoms with van der Waals surface area (Å²) in [6.45, 7) is 7.83. The predicted octanol–water partition coefficient (Wildman–Crippen LogP) is 1.72. The van der Waals surface area contributed by atoms with Gasteiger partial charge < -0.3 is 4.74 Å².